The van der Waals surface area contributed by atoms with Crippen LogP contribution in [0.15, 0.2) is 29.0 Å². The minimum absolute atomic E-state index is 0.0813. The van der Waals surface area contributed by atoms with Crippen LogP contribution in [-0.2, 0) is 27.3 Å². The Labute approximate surface area is 227 Å². The molecule has 1 heterocycles. The number of hydrogen-bond donors (Lipinski definition) is 5. The van der Waals surface area contributed by atoms with E-state index in [9.17, 15) is 34.8 Å². The number of hydrogen-bond acceptors (Lipinski definition) is 9. The number of fused-ring (bicyclic) bond motifs is 3. The van der Waals surface area contributed by atoms with E-state index in [1.807, 2.05) is 6.07 Å². The summed E-state index contributed by atoms with van der Waals surface area (Å²) >= 11 is 0. The maximum atomic E-state index is 13.9. The van der Waals surface area contributed by atoms with E-state index in [0.29, 0.717) is 23.9 Å². The Morgan fingerprint density at radius 1 is 1.13 bits per heavy atom. The van der Waals surface area contributed by atoms with Gasteiger partial charge in [0, 0.05) is 18.0 Å². The summed E-state index contributed by atoms with van der Waals surface area (Å²) in [5.41, 5.74) is 3.78. The zero-order valence-electron chi connectivity index (χ0n) is 22.8. The van der Waals surface area contributed by atoms with Gasteiger partial charge < -0.3 is 26.2 Å². The molecule has 0 radical (unpaired) electrons. The fraction of sp³-hybridized carbons (Fsp3) is 0.552. The van der Waals surface area contributed by atoms with Crippen molar-refractivity contribution in [2.45, 2.75) is 57.7 Å². The highest BCUT2D eigenvalue weighted by atomic mass is 16.3. The van der Waals surface area contributed by atoms with Crippen molar-refractivity contribution in [1.82, 2.24) is 9.80 Å². The first kappa shape index (κ1) is 27.4. The number of benzene rings is 1. The maximum Gasteiger partial charge on any atom is 0.255 e. The van der Waals surface area contributed by atoms with Gasteiger partial charge in [0.25, 0.3) is 5.91 Å². The van der Waals surface area contributed by atoms with Crippen molar-refractivity contribution in [3.8, 4) is 5.75 Å². The summed E-state index contributed by atoms with van der Waals surface area (Å²) in [5.74, 6) is -6.37. The fourth-order valence-corrected chi connectivity index (χ4v) is 7.00. The first-order chi connectivity index (χ1) is 18.2. The molecule has 1 aromatic carbocycles. The van der Waals surface area contributed by atoms with E-state index in [1.54, 1.807) is 20.2 Å². The third kappa shape index (κ3) is 4.16. The molecule has 5 rings (SSSR count). The van der Waals surface area contributed by atoms with Crippen LogP contribution in [0, 0.1) is 17.3 Å². The Hall–Kier alpha value is -3.21. The Morgan fingerprint density at radius 3 is 2.36 bits per heavy atom. The van der Waals surface area contributed by atoms with Gasteiger partial charge in [0.2, 0.25) is 5.78 Å². The molecule has 1 aromatic rings. The van der Waals surface area contributed by atoms with E-state index >= 15 is 0 Å². The van der Waals surface area contributed by atoms with E-state index in [-0.39, 0.29) is 23.3 Å². The summed E-state index contributed by atoms with van der Waals surface area (Å²) < 4.78 is 0. The second kappa shape index (κ2) is 9.18. The lowest BCUT2D eigenvalue weighted by molar-refractivity contribution is -0.153. The van der Waals surface area contributed by atoms with Crippen LogP contribution >= 0.6 is 0 Å². The second-order valence-electron chi connectivity index (χ2n) is 12.6. The predicted molar refractivity (Wildman–Crippen MR) is 143 cm³/mol. The molecule has 1 saturated carbocycles. The van der Waals surface area contributed by atoms with E-state index in [4.69, 9.17) is 5.73 Å². The molecule has 10 nitrogen and oxygen atoms in total. The highest BCUT2D eigenvalue weighted by Crippen LogP contribution is 2.52. The number of rotatable bonds is 4. The van der Waals surface area contributed by atoms with Crippen LogP contribution in [0.2, 0.25) is 0 Å². The molecule has 0 spiro atoms. The minimum atomic E-state index is -2.62. The van der Waals surface area contributed by atoms with Gasteiger partial charge >= 0.3 is 0 Å². The number of primary amides is 1. The summed E-state index contributed by atoms with van der Waals surface area (Å²) in [7, 11) is 3.17. The average Bonchev–Trinajstić information content (AvgIpc) is 2.82. The molecule has 0 bridgehead atoms. The molecular formula is C29H37N3O7. The van der Waals surface area contributed by atoms with Crippen LogP contribution < -0.4 is 5.73 Å². The predicted octanol–water partition coefficient (Wildman–Crippen LogP) is 1.59. The lowest BCUT2D eigenvalue weighted by Crippen LogP contribution is -2.65. The number of likely N-dealkylation sites (tertiary alicyclic amines) is 1. The molecule has 0 aromatic heterocycles. The molecule has 0 unspecified atom stereocenters. The zero-order valence-corrected chi connectivity index (χ0v) is 22.8. The number of nitrogens with zero attached hydrogens (tertiary/aromatic N) is 2. The molecule has 1 aliphatic heterocycles. The van der Waals surface area contributed by atoms with Crippen molar-refractivity contribution in [1.29, 1.82) is 0 Å². The van der Waals surface area contributed by atoms with Crippen molar-refractivity contribution < 1.29 is 34.8 Å². The number of aromatic hydroxyl groups is 1. The monoisotopic (exact) mass is 539 g/mol. The van der Waals surface area contributed by atoms with Crippen LogP contribution in [-0.4, -0.2) is 86.5 Å². The number of aliphatic hydroxyl groups excluding tert-OH is 2. The topological polar surface area (TPSA) is 165 Å². The molecular weight excluding hydrogens is 502 g/mol. The number of amides is 1. The largest absolute Gasteiger partial charge is 0.508 e. The van der Waals surface area contributed by atoms with Crippen molar-refractivity contribution in [3.63, 3.8) is 0 Å². The molecule has 3 aliphatic carbocycles. The maximum absolute atomic E-state index is 13.9. The van der Waals surface area contributed by atoms with Gasteiger partial charge in [-0.2, -0.15) is 0 Å². The van der Waals surface area contributed by atoms with Gasteiger partial charge in [0.05, 0.1) is 11.6 Å². The number of carbonyl (C=O) groups is 3. The van der Waals surface area contributed by atoms with Gasteiger partial charge in [-0.25, -0.2) is 0 Å². The molecule has 4 atom stereocenters. The fourth-order valence-electron chi connectivity index (χ4n) is 7.00. The quantitative estimate of drug-likeness (QED) is 0.357. The van der Waals surface area contributed by atoms with Crippen LogP contribution in [0.5, 0.6) is 5.75 Å². The summed E-state index contributed by atoms with van der Waals surface area (Å²) in [6.45, 7) is 7.06. The summed E-state index contributed by atoms with van der Waals surface area (Å²) in [4.78, 5) is 42.9. The van der Waals surface area contributed by atoms with Crippen LogP contribution in [0.1, 0.15) is 49.8 Å². The molecule has 6 N–H and O–H groups in total. The number of piperidine rings is 1. The highest BCUT2D eigenvalue weighted by molar-refractivity contribution is 6.24. The lowest BCUT2D eigenvalue weighted by atomic mass is 9.57. The Morgan fingerprint density at radius 2 is 1.77 bits per heavy atom. The normalized spacial score (nSPS) is 30.8. The van der Waals surface area contributed by atoms with Gasteiger partial charge in [-0.15, -0.1) is 0 Å². The molecule has 10 heteroatoms. The minimum Gasteiger partial charge on any atom is -0.508 e. The summed E-state index contributed by atoms with van der Waals surface area (Å²) in [6, 6.07) is 2.43. The third-order valence-corrected chi connectivity index (χ3v) is 9.20. The van der Waals surface area contributed by atoms with Crippen LogP contribution in [0.3, 0.4) is 0 Å². The lowest BCUT2D eigenvalue weighted by Gasteiger charge is -2.50. The number of phenols is 1. The molecule has 39 heavy (non-hydrogen) atoms. The first-order valence-corrected chi connectivity index (χ1v) is 13.4. The first-order valence-electron chi connectivity index (χ1n) is 13.4. The second-order valence-corrected chi connectivity index (χ2v) is 12.6. The van der Waals surface area contributed by atoms with E-state index in [2.05, 4.69) is 18.7 Å². The number of Topliss-reactive ketones (excluding diaryl/α,β-unsaturated/α-hetero) is 2. The van der Waals surface area contributed by atoms with Crippen molar-refractivity contribution in [2.75, 3.05) is 27.2 Å². The number of carbonyl (C=O) groups excluding carboxylic acids is 3. The number of ketones is 2. The van der Waals surface area contributed by atoms with Crippen molar-refractivity contribution in [3.05, 3.63) is 45.7 Å². The van der Waals surface area contributed by atoms with Crippen LogP contribution in [0.25, 0.3) is 5.76 Å². The summed E-state index contributed by atoms with van der Waals surface area (Å²) in [6.07, 6.45) is 2.53. The molecule has 4 aliphatic rings. The zero-order chi connectivity index (χ0) is 28.6. The Balaban J connectivity index is 1.55. The number of nitrogens with two attached hydrogens (primary N) is 1. The number of likely N-dealkylation sites (N-methyl/N-ethyl adjacent to an activating group) is 1. The molecule has 210 valence electrons. The van der Waals surface area contributed by atoms with Gasteiger partial charge in [-0.1, -0.05) is 19.9 Å². The third-order valence-electron chi connectivity index (χ3n) is 9.20. The van der Waals surface area contributed by atoms with Gasteiger partial charge in [0.1, 0.15) is 22.8 Å². The standard InChI is InChI=1S/C29H37N3O7/c1-28(2)5-7-32(8-6-28)13-14-9-15-11-16-12-17-22(31(3)4)24(35)21(27(30)38)26(37)29(17,39)25(36)20(16)23(34)19(15)18(33)10-14/h9-10,16-17,22,33-34,37,39H,5-8,11-13H2,1-4H3,(H2,30,38)/t16-,17-,22-,29-/m0/s1. The SMILES string of the molecule is CN(C)[C@@H]1C(=O)C(C(N)=O)=C(O)[C@@]2(O)C(=O)C3=C(O)c4c(O)cc(CN5CCC(C)(C)CC5)cc4C[C@H]3C[C@@H]12. The van der Waals surface area contributed by atoms with E-state index in [0.717, 1.165) is 31.5 Å². The van der Waals surface area contributed by atoms with Crippen molar-refractivity contribution >= 4 is 23.2 Å². The highest BCUT2D eigenvalue weighted by Gasteiger charge is 2.64. The van der Waals surface area contributed by atoms with Crippen LogP contribution in [0.4, 0.5) is 0 Å². The molecule has 1 saturated heterocycles. The average molecular weight is 540 g/mol. The van der Waals surface area contributed by atoms with Gasteiger partial charge in [0.15, 0.2) is 11.4 Å². The van der Waals surface area contributed by atoms with Gasteiger partial charge in [-0.3, -0.25) is 24.2 Å². The summed E-state index contributed by atoms with van der Waals surface area (Å²) in [5, 5.41) is 44.8. The van der Waals surface area contributed by atoms with E-state index in [1.165, 1.54) is 4.90 Å². The number of aliphatic hydroxyl groups is 3. The smallest absolute Gasteiger partial charge is 0.255 e. The Bertz CT molecular complexity index is 1330. The number of phenolic OH excluding ortho intramolecular Hbond substituents is 1. The molecule has 1 amide bonds. The van der Waals surface area contributed by atoms with Crippen molar-refractivity contribution in [2.24, 2.45) is 23.0 Å². The van der Waals surface area contributed by atoms with Gasteiger partial charge in [-0.05, 0) is 81.4 Å². The van der Waals surface area contributed by atoms with E-state index < -0.39 is 58.0 Å². The Kier molecular flexibility index (Phi) is 6.44. The molecule has 2 fully saturated rings.